The van der Waals surface area contributed by atoms with Gasteiger partial charge in [-0.3, -0.25) is 19.6 Å². The van der Waals surface area contributed by atoms with Gasteiger partial charge in [-0.05, 0) is 62.1 Å². The molecule has 4 heterocycles. The molecule has 0 bridgehead atoms. The number of carbonyl (C=O) groups is 1. The molecule has 1 aromatic carbocycles. The Morgan fingerprint density at radius 2 is 1.90 bits per heavy atom. The number of nitrogens with one attached hydrogen (secondary N) is 1. The van der Waals surface area contributed by atoms with E-state index in [0.717, 1.165) is 22.5 Å². The molecule has 0 unspecified atom stereocenters. The number of alkyl halides is 3. The molecule has 0 aliphatic carbocycles. The summed E-state index contributed by atoms with van der Waals surface area (Å²) in [5.74, 6) is -0.362. The molecule has 1 aromatic heterocycles. The van der Waals surface area contributed by atoms with Gasteiger partial charge in [0.1, 0.15) is 11.9 Å². The van der Waals surface area contributed by atoms with Gasteiger partial charge in [-0.15, -0.1) is 0 Å². The standard InChI is InChI=1S/C29H37F4N5O/c1-19-15-37(23(14-34-19)16-36-10-4-5-25(36)29(31,32)33)17-26(39)38-18-28(2,3)27-24(38)12-21(13-35-27)11-20-6-8-22(30)9-7-20/h6-9,12-13,19,23,25,34H,4-5,10-11,14-18H2,1-3H3/t19-,23-,25+/m1/s1. The number of hydrogen-bond donors (Lipinski definition) is 1. The van der Waals surface area contributed by atoms with E-state index in [1.165, 1.54) is 12.1 Å². The number of anilines is 1. The third-order valence-corrected chi connectivity index (χ3v) is 8.28. The van der Waals surface area contributed by atoms with Crippen LogP contribution >= 0.6 is 0 Å². The number of likely N-dealkylation sites (tertiary alicyclic amines) is 1. The van der Waals surface area contributed by atoms with Crippen LogP contribution in [0.1, 0.15) is 50.4 Å². The number of aromatic nitrogens is 1. The van der Waals surface area contributed by atoms with Crippen molar-refractivity contribution in [1.29, 1.82) is 0 Å². The average Bonchev–Trinajstić information content (AvgIpc) is 3.44. The highest BCUT2D eigenvalue weighted by Gasteiger charge is 2.47. The summed E-state index contributed by atoms with van der Waals surface area (Å²) in [6, 6.07) is 6.87. The number of pyridine rings is 1. The van der Waals surface area contributed by atoms with Crippen LogP contribution in [0.25, 0.3) is 0 Å². The van der Waals surface area contributed by atoms with Crippen LogP contribution in [0.2, 0.25) is 0 Å². The second-order valence-corrected chi connectivity index (χ2v) is 12.0. The monoisotopic (exact) mass is 547 g/mol. The van der Waals surface area contributed by atoms with Gasteiger partial charge in [0.25, 0.3) is 0 Å². The van der Waals surface area contributed by atoms with Crippen LogP contribution in [-0.2, 0) is 16.6 Å². The van der Waals surface area contributed by atoms with Gasteiger partial charge in [0, 0.05) is 49.9 Å². The summed E-state index contributed by atoms with van der Waals surface area (Å²) < 4.78 is 54.1. The zero-order valence-electron chi connectivity index (χ0n) is 22.8. The quantitative estimate of drug-likeness (QED) is 0.552. The molecule has 0 spiro atoms. The second kappa shape index (κ2) is 10.8. The topological polar surface area (TPSA) is 51.7 Å². The van der Waals surface area contributed by atoms with Gasteiger partial charge < -0.3 is 10.2 Å². The van der Waals surface area contributed by atoms with Crippen molar-refractivity contribution in [3.8, 4) is 0 Å². The molecule has 0 radical (unpaired) electrons. The van der Waals surface area contributed by atoms with Crippen molar-refractivity contribution >= 4 is 11.6 Å². The third-order valence-electron chi connectivity index (χ3n) is 8.28. The Kier molecular flexibility index (Phi) is 7.74. The van der Waals surface area contributed by atoms with E-state index in [-0.39, 0.29) is 48.7 Å². The Morgan fingerprint density at radius 3 is 2.62 bits per heavy atom. The summed E-state index contributed by atoms with van der Waals surface area (Å²) in [4.78, 5) is 23.9. The van der Waals surface area contributed by atoms with Crippen LogP contribution in [0, 0.1) is 5.82 Å². The normalized spacial score (nSPS) is 25.7. The minimum absolute atomic E-state index is 0.0737. The van der Waals surface area contributed by atoms with Crippen LogP contribution < -0.4 is 10.2 Å². The SMILES string of the molecule is C[C@@H]1CN(CC(=O)N2CC(C)(C)c3ncc(Cc4ccc(F)cc4)cc32)[C@@H](CN2CCC[C@H]2C(F)(F)F)CN1. The first-order valence-electron chi connectivity index (χ1n) is 13.7. The fourth-order valence-corrected chi connectivity index (χ4v) is 6.29. The summed E-state index contributed by atoms with van der Waals surface area (Å²) in [6.07, 6.45) is -1.19. The van der Waals surface area contributed by atoms with Gasteiger partial charge in [0.2, 0.25) is 5.91 Å². The molecule has 5 rings (SSSR count). The largest absolute Gasteiger partial charge is 0.404 e. The molecule has 6 nitrogen and oxygen atoms in total. The first-order valence-corrected chi connectivity index (χ1v) is 13.7. The molecule has 0 saturated carbocycles. The van der Waals surface area contributed by atoms with E-state index in [9.17, 15) is 22.4 Å². The summed E-state index contributed by atoms with van der Waals surface area (Å²) in [6.45, 7) is 8.62. The Balaban J connectivity index is 1.33. The summed E-state index contributed by atoms with van der Waals surface area (Å²) >= 11 is 0. The smallest absolute Gasteiger partial charge is 0.311 e. The summed E-state index contributed by atoms with van der Waals surface area (Å²) in [7, 11) is 0. The molecule has 2 fully saturated rings. The highest BCUT2D eigenvalue weighted by Crippen LogP contribution is 2.40. The van der Waals surface area contributed by atoms with E-state index < -0.39 is 12.2 Å². The lowest BCUT2D eigenvalue weighted by atomic mass is 9.91. The fourth-order valence-electron chi connectivity index (χ4n) is 6.29. The molecule has 1 N–H and O–H groups in total. The zero-order chi connectivity index (χ0) is 27.9. The molecular formula is C29H37F4N5O. The van der Waals surface area contributed by atoms with Gasteiger partial charge in [-0.2, -0.15) is 13.2 Å². The summed E-state index contributed by atoms with van der Waals surface area (Å²) in [5.41, 5.74) is 3.18. The number of fused-ring (bicyclic) bond motifs is 1. The van der Waals surface area contributed by atoms with Crippen LogP contribution in [-0.4, -0.2) is 84.3 Å². The van der Waals surface area contributed by atoms with Gasteiger partial charge in [0.05, 0.1) is 17.9 Å². The first kappa shape index (κ1) is 28.0. The van der Waals surface area contributed by atoms with E-state index in [0.29, 0.717) is 39.0 Å². The number of amides is 1. The van der Waals surface area contributed by atoms with E-state index in [1.54, 1.807) is 21.9 Å². The van der Waals surface area contributed by atoms with Crippen LogP contribution in [0.15, 0.2) is 36.5 Å². The van der Waals surface area contributed by atoms with Crippen LogP contribution in [0.3, 0.4) is 0 Å². The molecule has 3 aliphatic heterocycles. The van der Waals surface area contributed by atoms with Gasteiger partial charge in [0.15, 0.2) is 0 Å². The average molecular weight is 548 g/mol. The predicted molar refractivity (Wildman–Crippen MR) is 142 cm³/mol. The van der Waals surface area contributed by atoms with Crippen molar-refractivity contribution in [2.24, 2.45) is 0 Å². The van der Waals surface area contributed by atoms with Crippen molar-refractivity contribution in [2.45, 2.75) is 69.8 Å². The van der Waals surface area contributed by atoms with E-state index in [2.05, 4.69) is 24.1 Å². The Bertz CT molecular complexity index is 1190. The minimum atomic E-state index is -4.24. The molecule has 39 heavy (non-hydrogen) atoms. The number of rotatable bonds is 6. The minimum Gasteiger partial charge on any atom is -0.311 e. The number of hydrogen-bond acceptors (Lipinski definition) is 5. The Hall–Kier alpha value is -2.56. The van der Waals surface area contributed by atoms with E-state index in [4.69, 9.17) is 4.98 Å². The van der Waals surface area contributed by atoms with Gasteiger partial charge >= 0.3 is 6.18 Å². The lowest BCUT2D eigenvalue weighted by Crippen LogP contribution is -2.61. The molecule has 2 saturated heterocycles. The number of halogens is 4. The molecule has 1 amide bonds. The number of nitrogens with zero attached hydrogens (tertiary/aromatic N) is 4. The molecule has 3 aliphatic rings. The maximum absolute atomic E-state index is 13.8. The lowest BCUT2D eigenvalue weighted by Gasteiger charge is -2.42. The van der Waals surface area contributed by atoms with Crippen molar-refractivity contribution in [1.82, 2.24) is 20.1 Å². The predicted octanol–water partition coefficient (Wildman–Crippen LogP) is 4.12. The Morgan fingerprint density at radius 1 is 1.15 bits per heavy atom. The van der Waals surface area contributed by atoms with Crippen molar-refractivity contribution in [3.05, 3.63) is 59.2 Å². The lowest BCUT2D eigenvalue weighted by molar-refractivity contribution is -0.177. The number of piperazine rings is 1. The highest BCUT2D eigenvalue weighted by atomic mass is 19.4. The molecule has 212 valence electrons. The van der Waals surface area contributed by atoms with Crippen molar-refractivity contribution in [3.63, 3.8) is 0 Å². The van der Waals surface area contributed by atoms with Crippen LogP contribution in [0.4, 0.5) is 23.2 Å². The van der Waals surface area contributed by atoms with Crippen molar-refractivity contribution < 1.29 is 22.4 Å². The molecule has 2 aromatic rings. The molecular weight excluding hydrogens is 510 g/mol. The van der Waals surface area contributed by atoms with E-state index in [1.807, 2.05) is 19.2 Å². The summed E-state index contributed by atoms with van der Waals surface area (Å²) in [5, 5.41) is 3.39. The fraction of sp³-hybridized carbons (Fsp3) is 0.586. The van der Waals surface area contributed by atoms with Crippen molar-refractivity contribution in [2.75, 3.05) is 44.2 Å². The van der Waals surface area contributed by atoms with Gasteiger partial charge in [-0.25, -0.2) is 4.39 Å². The second-order valence-electron chi connectivity index (χ2n) is 12.0. The molecule has 10 heteroatoms. The molecule has 3 atom stereocenters. The maximum Gasteiger partial charge on any atom is 0.404 e. The Labute approximate surface area is 227 Å². The van der Waals surface area contributed by atoms with Crippen LogP contribution in [0.5, 0.6) is 0 Å². The number of benzene rings is 1. The number of carbonyl (C=O) groups excluding carboxylic acids is 1. The maximum atomic E-state index is 13.8. The van der Waals surface area contributed by atoms with E-state index >= 15 is 0 Å². The first-order chi connectivity index (χ1) is 18.4. The third kappa shape index (κ3) is 6.12. The zero-order valence-corrected chi connectivity index (χ0v) is 22.8. The van der Waals surface area contributed by atoms with Gasteiger partial charge in [-0.1, -0.05) is 26.0 Å². The highest BCUT2D eigenvalue weighted by molar-refractivity contribution is 5.97.